The summed E-state index contributed by atoms with van der Waals surface area (Å²) in [5, 5.41) is 5.74. The predicted octanol–water partition coefficient (Wildman–Crippen LogP) is 3.79. The molecular weight excluding hydrogens is 355 g/mol. The number of nitrogens with one attached hydrogen (secondary N) is 2. The summed E-state index contributed by atoms with van der Waals surface area (Å²) >= 11 is 0. The van der Waals surface area contributed by atoms with Crippen LogP contribution < -0.4 is 10.6 Å². The SMILES string of the molecule is CCc1cc(CNCC(F)(F)F)ccc1CNc1cc2c(cn1)ncn2C. The van der Waals surface area contributed by atoms with Gasteiger partial charge < -0.3 is 15.2 Å². The molecule has 0 atom stereocenters. The van der Waals surface area contributed by atoms with Gasteiger partial charge >= 0.3 is 6.18 Å². The monoisotopic (exact) mass is 377 g/mol. The molecule has 0 aliphatic carbocycles. The van der Waals surface area contributed by atoms with Gasteiger partial charge in [0.2, 0.25) is 0 Å². The number of alkyl halides is 3. The Kier molecular flexibility index (Phi) is 5.65. The smallest absolute Gasteiger partial charge is 0.366 e. The molecule has 3 rings (SSSR count). The quantitative estimate of drug-likeness (QED) is 0.658. The van der Waals surface area contributed by atoms with Gasteiger partial charge in [-0.2, -0.15) is 13.2 Å². The molecule has 0 bridgehead atoms. The topological polar surface area (TPSA) is 54.8 Å². The zero-order valence-corrected chi connectivity index (χ0v) is 15.3. The normalized spacial score (nSPS) is 11.9. The van der Waals surface area contributed by atoms with Gasteiger partial charge in [0.15, 0.2) is 0 Å². The van der Waals surface area contributed by atoms with Gasteiger partial charge in [-0.1, -0.05) is 25.1 Å². The highest BCUT2D eigenvalue weighted by atomic mass is 19.4. The summed E-state index contributed by atoms with van der Waals surface area (Å²) in [7, 11) is 1.93. The number of nitrogens with zero attached hydrogens (tertiary/aromatic N) is 3. The second-order valence-corrected chi connectivity index (χ2v) is 6.44. The third-order valence-corrected chi connectivity index (χ3v) is 4.38. The highest BCUT2D eigenvalue weighted by Gasteiger charge is 2.26. The van der Waals surface area contributed by atoms with Crippen molar-refractivity contribution in [3.63, 3.8) is 0 Å². The van der Waals surface area contributed by atoms with Crippen LogP contribution in [0.4, 0.5) is 19.0 Å². The number of imidazole rings is 1. The minimum atomic E-state index is -4.20. The van der Waals surface area contributed by atoms with E-state index in [0.717, 1.165) is 40.0 Å². The van der Waals surface area contributed by atoms with Crippen LogP contribution >= 0.6 is 0 Å². The average Bonchev–Trinajstić information content (AvgIpc) is 3.00. The first-order valence-corrected chi connectivity index (χ1v) is 8.75. The third-order valence-electron chi connectivity index (χ3n) is 4.38. The molecule has 2 heterocycles. The molecule has 8 heteroatoms. The molecule has 0 saturated carbocycles. The van der Waals surface area contributed by atoms with E-state index < -0.39 is 12.7 Å². The molecule has 0 aliphatic rings. The third kappa shape index (κ3) is 4.97. The van der Waals surface area contributed by atoms with Crippen LogP contribution in [0.1, 0.15) is 23.6 Å². The maximum Gasteiger partial charge on any atom is 0.401 e. The molecule has 0 unspecified atom stereocenters. The van der Waals surface area contributed by atoms with Crippen molar-refractivity contribution in [1.29, 1.82) is 0 Å². The van der Waals surface area contributed by atoms with Crippen molar-refractivity contribution >= 4 is 16.9 Å². The minimum Gasteiger partial charge on any atom is -0.366 e. The largest absolute Gasteiger partial charge is 0.401 e. The molecule has 0 spiro atoms. The van der Waals surface area contributed by atoms with E-state index in [2.05, 4.69) is 20.6 Å². The molecule has 0 amide bonds. The Balaban J connectivity index is 1.65. The Morgan fingerprint density at radius 1 is 1.07 bits per heavy atom. The summed E-state index contributed by atoms with van der Waals surface area (Å²) in [4.78, 5) is 8.62. The summed E-state index contributed by atoms with van der Waals surface area (Å²) in [5.41, 5.74) is 4.89. The number of hydrogen-bond donors (Lipinski definition) is 2. The molecule has 0 saturated heterocycles. The van der Waals surface area contributed by atoms with E-state index in [1.54, 1.807) is 12.5 Å². The number of anilines is 1. The van der Waals surface area contributed by atoms with E-state index >= 15 is 0 Å². The summed E-state index contributed by atoms with van der Waals surface area (Å²) in [5.74, 6) is 0.754. The van der Waals surface area contributed by atoms with E-state index in [1.807, 2.05) is 42.8 Å². The van der Waals surface area contributed by atoms with Gasteiger partial charge in [0, 0.05) is 26.2 Å². The lowest BCUT2D eigenvalue weighted by molar-refractivity contribution is -0.125. The Hall–Kier alpha value is -2.61. The van der Waals surface area contributed by atoms with Crippen LogP contribution in [0.2, 0.25) is 0 Å². The lowest BCUT2D eigenvalue weighted by Gasteiger charge is -2.13. The van der Waals surface area contributed by atoms with Crippen molar-refractivity contribution in [3.8, 4) is 0 Å². The van der Waals surface area contributed by atoms with Crippen LogP contribution in [0.3, 0.4) is 0 Å². The second kappa shape index (κ2) is 7.96. The Morgan fingerprint density at radius 3 is 2.63 bits per heavy atom. The summed E-state index contributed by atoms with van der Waals surface area (Å²) in [6.45, 7) is 1.83. The van der Waals surface area contributed by atoms with Gasteiger partial charge in [-0.3, -0.25) is 0 Å². The Bertz CT molecular complexity index is 917. The number of fused-ring (bicyclic) bond motifs is 1. The number of aromatic nitrogens is 3. The van der Waals surface area contributed by atoms with Gasteiger partial charge in [-0.05, 0) is 23.1 Å². The standard InChI is InChI=1S/C19H22F3N5/c1-3-14-6-13(8-23-11-19(20,21)22)4-5-15(14)9-24-18-7-17-16(10-25-18)26-12-27(17)2/h4-7,10,12,23H,3,8-9,11H2,1-2H3,(H,24,25). The fourth-order valence-electron chi connectivity index (χ4n) is 2.95. The van der Waals surface area contributed by atoms with Crippen molar-refractivity contribution in [2.24, 2.45) is 7.05 Å². The molecule has 2 aromatic heterocycles. The van der Waals surface area contributed by atoms with Crippen LogP contribution in [0.25, 0.3) is 11.0 Å². The van der Waals surface area contributed by atoms with E-state index in [4.69, 9.17) is 0 Å². The maximum atomic E-state index is 12.2. The summed E-state index contributed by atoms with van der Waals surface area (Å²) < 4.78 is 38.7. The van der Waals surface area contributed by atoms with E-state index in [-0.39, 0.29) is 6.54 Å². The average molecular weight is 377 g/mol. The van der Waals surface area contributed by atoms with Crippen LogP contribution in [0, 0.1) is 0 Å². The number of halogens is 3. The summed E-state index contributed by atoms with van der Waals surface area (Å²) in [6.07, 6.45) is 0.0857. The Morgan fingerprint density at radius 2 is 1.89 bits per heavy atom. The first-order valence-electron chi connectivity index (χ1n) is 8.75. The van der Waals surface area contributed by atoms with Crippen molar-refractivity contribution in [2.45, 2.75) is 32.6 Å². The number of benzene rings is 1. The lowest BCUT2D eigenvalue weighted by Crippen LogP contribution is -2.28. The number of aryl methyl sites for hydroxylation is 2. The number of rotatable bonds is 7. The maximum absolute atomic E-state index is 12.2. The molecule has 5 nitrogen and oxygen atoms in total. The molecule has 2 N–H and O–H groups in total. The molecule has 144 valence electrons. The van der Waals surface area contributed by atoms with Crippen molar-refractivity contribution in [2.75, 3.05) is 11.9 Å². The molecule has 0 aliphatic heterocycles. The van der Waals surface area contributed by atoms with Crippen LogP contribution in [0.15, 0.2) is 36.8 Å². The van der Waals surface area contributed by atoms with Crippen molar-refractivity contribution in [3.05, 3.63) is 53.5 Å². The molecule has 0 radical (unpaired) electrons. The number of hydrogen-bond acceptors (Lipinski definition) is 4. The van der Waals surface area contributed by atoms with E-state index in [0.29, 0.717) is 6.54 Å². The molecular formula is C19H22F3N5. The number of pyridine rings is 1. The van der Waals surface area contributed by atoms with Crippen molar-refractivity contribution < 1.29 is 13.2 Å². The first kappa shape index (κ1) is 19.2. The van der Waals surface area contributed by atoms with Crippen LogP contribution in [-0.2, 0) is 26.6 Å². The van der Waals surface area contributed by atoms with Gasteiger partial charge in [0.1, 0.15) is 11.3 Å². The minimum absolute atomic E-state index is 0.193. The van der Waals surface area contributed by atoms with E-state index in [9.17, 15) is 13.2 Å². The molecule has 3 aromatic rings. The predicted molar refractivity (Wildman–Crippen MR) is 99.4 cm³/mol. The highest BCUT2D eigenvalue weighted by Crippen LogP contribution is 2.18. The van der Waals surface area contributed by atoms with Crippen LogP contribution in [-0.4, -0.2) is 27.3 Å². The van der Waals surface area contributed by atoms with Gasteiger partial charge in [-0.15, -0.1) is 0 Å². The zero-order chi connectivity index (χ0) is 19.4. The fraction of sp³-hybridized carbons (Fsp3) is 0.368. The highest BCUT2D eigenvalue weighted by molar-refractivity contribution is 5.77. The van der Waals surface area contributed by atoms with Gasteiger partial charge in [0.25, 0.3) is 0 Å². The van der Waals surface area contributed by atoms with Gasteiger partial charge in [0.05, 0.1) is 24.6 Å². The molecule has 1 aromatic carbocycles. The fourth-order valence-corrected chi connectivity index (χ4v) is 2.95. The molecule has 27 heavy (non-hydrogen) atoms. The van der Waals surface area contributed by atoms with Crippen LogP contribution in [0.5, 0.6) is 0 Å². The van der Waals surface area contributed by atoms with Gasteiger partial charge in [-0.25, -0.2) is 9.97 Å². The van der Waals surface area contributed by atoms with Crippen molar-refractivity contribution in [1.82, 2.24) is 19.9 Å². The lowest BCUT2D eigenvalue weighted by atomic mass is 10.0. The van der Waals surface area contributed by atoms with E-state index in [1.165, 1.54) is 0 Å². The second-order valence-electron chi connectivity index (χ2n) is 6.44. The first-order chi connectivity index (χ1) is 12.9. The summed E-state index contributed by atoms with van der Waals surface area (Å²) in [6, 6.07) is 7.72. The Labute approximate surface area is 155 Å². The molecule has 0 fully saturated rings. The zero-order valence-electron chi connectivity index (χ0n) is 15.3.